The first-order valence-corrected chi connectivity index (χ1v) is 16.2. The number of benzene rings is 7. The fraction of sp³-hybridized carbons (Fsp3) is 0.111. The van der Waals surface area contributed by atoms with Crippen LogP contribution in [0, 0.1) is 13.8 Å². The van der Waals surface area contributed by atoms with Crippen LogP contribution in [-0.4, -0.2) is 0 Å². The van der Waals surface area contributed by atoms with Gasteiger partial charge in [-0.3, -0.25) is 0 Å². The zero-order chi connectivity index (χ0) is 31.4. The second kappa shape index (κ2) is 10.9. The smallest absolute Gasteiger partial charge is 0.0546 e. The summed E-state index contributed by atoms with van der Waals surface area (Å²) < 4.78 is 0. The summed E-state index contributed by atoms with van der Waals surface area (Å²) >= 11 is 0. The fourth-order valence-electron chi connectivity index (χ4n) is 7.39. The van der Waals surface area contributed by atoms with E-state index in [1.165, 1.54) is 83.1 Å². The molecular weight excluding hydrogens is 555 g/mol. The van der Waals surface area contributed by atoms with Crippen LogP contribution in [0.25, 0.3) is 44.8 Å². The molecule has 0 spiro atoms. The number of para-hydroxylation sites is 1. The third-order valence-corrected chi connectivity index (χ3v) is 9.80. The Balaban J connectivity index is 1.28. The van der Waals surface area contributed by atoms with Crippen molar-refractivity contribution in [2.45, 2.75) is 33.1 Å². The van der Waals surface area contributed by atoms with E-state index in [-0.39, 0.29) is 5.41 Å². The molecule has 0 N–H and O–H groups in total. The van der Waals surface area contributed by atoms with E-state index in [2.05, 4.69) is 184 Å². The second-order valence-corrected chi connectivity index (χ2v) is 13.2. The Kier molecular flexibility index (Phi) is 6.65. The van der Waals surface area contributed by atoms with Crippen LogP contribution in [0.1, 0.15) is 47.2 Å². The van der Waals surface area contributed by atoms with Crippen molar-refractivity contribution in [3.63, 3.8) is 0 Å². The first-order valence-electron chi connectivity index (χ1n) is 16.2. The Bertz CT molecular complexity index is 2320. The maximum atomic E-state index is 2.47. The van der Waals surface area contributed by atoms with Gasteiger partial charge in [-0.05, 0) is 93.2 Å². The van der Waals surface area contributed by atoms with Crippen molar-refractivity contribution in [3.05, 3.63) is 173 Å². The first kappa shape index (κ1) is 28.1. The van der Waals surface area contributed by atoms with Crippen LogP contribution in [0.4, 0.5) is 17.1 Å². The SMILES string of the molecule is Cc1cccc(C=Cc2ccc3c(c2)C(C)(C)c2cc(N(c4ccccc4C)c4cc5ccccc5c5ccccc45)ccc2-3)c1. The van der Waals surface area contributed by atoms with Gasteiger partial charge in [0.15, 0.2) is 0 Å². The molecule has 222 valence electrons. The van der Waals surface area contributed by atoms with Crippen LogP contribution in [0.3, 0.4) is 0 Å². The van der Waals surface area contributed by atoms with E-state index in [1.807, 2.05) is 0 Å². The van der Waals surface area contributed by atoms with Gasteiger partial charge in [-0.25, -0.2) is 0 Å². The minimum atomic E-state index is -0.142. The maximum absolute atomic E-state index is 2.47. The molecule has 1 heteroatoms. The van der Waals surface area contributed by atoms with Crippen molar-refractivity contribution in [2.75, 3.05) is 4.90 Å². The van der Waals surface area contributed by atoms with Crippen LogP contribution < -0.4 is 4.90 Å². The van der Waals surface area contributed by atoms with Crippen molar-refractivity contribution in [3.8, 4) is 11.1 Å². The summed E-state index contributed by atoms with van der Waals surface area (Å²) in [5.41, 5.74) is 13.8. The molecule has 0 heterocycles. The normalized spacial score (nSPS) is 13.3. The molecule has 1 aliphatic rings. The summed E-state index contributed by atoms with van der Waals surface area (Å²) in [4.78, 5) is 2.47. The molecule has 0 unspecified atom stereocenters. The van der Waals surface area contributed by atoms with Gasteiger partial charge < -0.3 is 4.90 Å². The summed E-state index contributed by atoms with van der Waals surface area (Å²) in [5, 5.41) is 5.05. The topological polar surface area (TPSA) is 3.24 Å². The summed E-state index contributed by atoms with van der Waals surface area (Å²) in [6.45, 7) is 9.10. The maximum Gasteiger partial charge on any atom is 0.0546 e. The lowest BCUT2D eigenvalue weighted by Crippen LogP contribution is -2.17. The van der Waals surface area contributed by atoms with E-state index >= 15 is 0 Å². The highest BCUT2D eigenvalue weighted by molar-refractivity contribution is 6.14. The van der Waals surface area contributed by atoms with Crippen LogP contribution >= 0.6 is 0 Å². The van der Waals surface area contributed by atoms with Gasteiger partial charge in [0.25, 0.3) is 0 Å². The van der Waals surface area contributed by atoms with Crippen molar-refractivity contribution >= 4 is 50.8 Å². The van der Waals surface area contributed by atoms with Gasteiger partial charge >= 0.3 is 0 Å². The number of anilines is 3. The van der Waals surface area contributed by atoms with E-state index in [1.54, 1.807) is 0 Å². The van der Waals surface area contributed by atoms with Gasteiger partial charge in [-0.1, -0.05) is 147 Å². The molecule has 1 nitrogen and oxygen atoms in total. The van der Waals surface area contributed by atoms with Crippen molar-refractivity contribution in [2.24, 2.45) is 0 Å². The van der Waals surface area contributed by atoms with E-state index in [4.69, 9.17) is 0 Å². The molecule has 0 radical (unpaired) electrons. The monoisotopic (exact) mass is 591 g/mol. The second-order valence-electron chi connectivity index (χ2n) is 13.2. The van der Waals surface area contributed by atoms with Gasteiger partial charge in [0.2, 0.25) is 0 Å². The summed E-state index contributed by atoms with van der Waals surface area (Å²) in [5.74, 6) is 0. The summed E-state index contributed by atoms with van der Waals surface area (Å²) in [6, 6.07) is 51.4. The molecule has 0 bridgehead atoms. The minimum Gasteiger partial charge on any atom is -0.310 e. The number of rotatable bonds is 5. The van der Waals surface area contributed by atoms with Crippen LogP contribution in [0.5, 0.6) is 0 Å². The third kappa shape index (κ3) is 4.63. The Hall–Kier alpha value is -5.40. The molecule has 0 fully saturated rings. The Morgan fingerprint density at radius 2 is 1.15 bits per heavy atom. The van der Waals surface area contributed by atoms with Crippen LogP contribution in [0.2, 0.25) is 0 Å². The number of aryl methyl sites for hydroxylation is 2. The Labute approximate surface area is 272 Å². The average Bonchev–Trinajstić information content (AvgIpc) is 3.30. The number of nitrogens with zero attached hydrogens (tertiary/aromatic N) is 1. The molecule has 0 amide bonds. The van der Waals surface area contributed by atoms with E-state index < -0.39 is 0 Å². The van der Waals surface area contributed by atoms with Crippen LogP contribution in [-0.2, 0) is 5.41 Å². The lowest BCUT2D eigenvalue weighted by Gasteiger charge is -2.30. The zero-order valence-electron chi connectivity index (χ0n) is 26.9. The molecule has 46 heavy (non-hydrogen) atoms. The Morgan fingerprint density at radius 3 is 1.93 bits per heavy atom. The fourth-order valence-corrected chi connectivity index (χ4v) is 7.39. The number of hydrogen-bond acceptors (Lipinski definition) is 1. The lowest BCUT2D eigenvalue weighted by atomic mass is 9.81. The highest BCUT2D eigenvalue weighted by atomic mass is 15.1. The standard InChI is InChI=1S/C45H37N/c1-30-12-11-14-32(26-30)20-21-33-22-24-38-39-25-23-35(29-42(39)45(3,4)41(38)27-33)46(43-19-10-5-13-31(43)2)44-28-34-15-6-7-16-36(34)37-17-8-9-18-40(37)44/h5-29H,1-4H3. The van der Waals surface area contributed by atoms with Crippen molar-refractivity contribution < 1.29 is 0 Å². The van der Waals surface area contributed by atoms with Gasteiger partial charge in [0.05, 0.1) is 5.69 Å². The average molecular weight is 592 g/mol. The number of fused-ring (bicyclic) bond motifs is 6. The molecular formula is C45H37N. The van der Waals surface area contributed by atoms with Gasteiger partial charge in [0, 0.05) is 22.2 Å². The van der Waals surface area contributed by atoms with Gasteiger partial charge in [-0.2, -0.15) is 0 Å². The minimum absolute atomic E-state index is 0.142. The van der Waals surface area contributed by atoms with Gasteiger partial charge in [0.1, 0.15) is 0 Å². The highest BCUT2D eigenvalue weighted by Gasteiger charge is 2.36. The first-order chi connectivity index (χ1) is 22.4. The van der Waals surface area contributed by atoms with Gasteiger partial charge in [-0.15, -0.1) is 0 Å². The zero-order valence-corrected chi connectivity index (χ0v) is 26.9. The number of hydrogen-bond donors (Lipinski definition) is 0. The molecule has 8 rings (SSSR count). The van der Waals surface area contributed by atoms with Crippen molar-refractivity contribution in [1.29, 1.82) is 0 Å². The van der Waals surface area contributed by atoms with E-state index in [0.717, 1.165) is 0 Å². The molecule has 0 aromatic heterocycles. The third-order valence-electron chi connectivity index (χ3n) is 9.80. The largest absolute Gasteiger partial charge is 0.310 e. The Morgan fingerprint density at radius 1 is 0.500 bits per heavy atom. The predicted molar refractivity (Wildman–Crippen MR) is 199 cm³/mol. The molecule has 0 atom stereocenters. The van der Waals surface area contributed by atoms with E-state index in [0.29, 0.717) is 0 Å². The molecule has 0 saturated heterocycles. The predicted octanol–water partition coefficient (Wildman–Crippen LogP) is 12.6. The van der Waals surface area contributed by atoms with Crippen LogP contribution in [0.15, 0.2) is 140 Å². The van der Waals surface area contributed by atoms with Crippen molar-refractivity contribution in [1.82, 2.24) is 0 Å². The lowest BCUT2D eigenvalue weighted by molar-refractivity contribution is 0.660. The molecule has 0 aliphatic heterocycles. The molecule has 7 aromatic rings. The molecule has 1 aliphatic carbocycles. The highest BCUT2D eigenvalue weighted by Crippen LogP contribution is 2.52. The molecule has 0 saturated carbocycles. The van der Waals surface area contributed by atoms with E-state index in [9.17, 15) is 0 Å². The summed E-state index contributed by atoms with van der Waals surface area (Å²) in [7, 11) is 0. The molecule has 7 aromatic carbocycles. The summed E-state index contributed by atoms with van der Waals surface area (Å²) in [6.07, 6.45) is 4.46. The quantitative estimate of drug-likeness (QED) is 0.142.